The molecule has 3 heterocycles. The number of hydrogen-bond donors (Lipinski definition) is 2. The number of nitrogens with two attached hydrogens (primary N) is 1. The fourth-order valence-electron chi connectivity index (χ4n) is 2.28. The number of aromatic amines is 1. The third kappa shape index (κ3) is 1.43. The van der Waals surface area contributed by atoms with Crippen LogP contribution in [0.25, 0.3) is 27.7 Å². The topological polar surface area (TPSA) is 102 Å². The summed E-state index contributed by atoms with van der Waals surface area (Å²) in [6.45, 7) is 0. The van der Waals surface area contributed by atoms with Gasteiger partial charge in [0.25, 0.3) is 11.6 Å². The van der Waals surface area contributed by atoms with Gasteiger partial charge < -0.3 is 15.1 Å². The van der Waals surface area contributed by atoms with Gasteiger partial charge in [0.2, 0.25) is 0 Å². The van der Waals surface area contributed by atoms with Crippen LogP contribution in [0.2, 0.25) is 0 Å². The number of aromatic nitrogens is 4. The molecule has 0 aliphatic heterocycles. The number of hydrogen-bond acceptors (Lipinski definition) is 5. The molecule has 0 saturated heterocycles. The third-order valence-electron chi connectivity index (χ3n) is 3.16. The predicted octanol–water partition coefficient (Wildman–Crippen LogP) is 1.41. The van der Waals surface area contributed by atoms with Crippen LogP contribution in [-0.4, -0.2) is 19.6 Å². The quantitative estimate of drug-likeness (QED) is 0.543. The summed E-state index contributed by atoms with van der Waals surface area (Å²) in [5.74, 6) is 0. The van der Waals surface area contributed by atoms with Crippen LogP contribution in [0.3, 0.4) is 0 Å². The van der Waals surface area contributed by atoms with E-state index >= 15 is 0 Å². The Balaban J connectivity index is 2.03. The van der Waals surface area contributed by atoms with Crippen LogP contribution >= 0.6 is 0 Å². The Hall–Kier alpha value is -3.09. The Labute approximate surface area is 111 Å². The number of nitrogen functional groups attached to an aromatic ring is 1. The molecule has 4 aromatic rings. The van der Waals surface area contributed by atoms with E-state index in [1.165, 1.54) is 4.52 Å². The predicted molar refractivity (Wildman–Crippen MR) is 73.2 cm³/mol. The molecule has 0 aliphatic carbocycles. The smallest absolute Gasteiger partial charge is 0.292 e. The zero-order chi connectivity index (χ0) is 13.7. The lowest BCUT2D eigenvalue weighted by Crippen LogP contribution is -2.08. The molecule has 0 fully saturated rings. The highest BCUT2D eigenvalue weighted by Gasteiger charge is 2.11. The van der Waals surface area contributed by atoms with Crippen molar-refractivity contribution in [3.05, 3.63) is 47.1 Å². The van der Waals surface area contributed by atoms with E-state index in [9.17, 15) is 4.79 Å². The van der Waals surface area contributed by atoms with Gasteiger partial charge in [0, 0.05) is 18.0 Å². The Bertz CT molecular complexity index is 995. The molecule has 0 spiro atoms. The Morgan fingerprint density at radius 2 is 2.25 bits per heavy atom. The standard InChI is InChI=1S/C13H9N5O2/c14-13-17-9-5-7(1-2-10(9)20-13)8-6-16-18-4-3-15-12(19)11(8)18/h1-6H,(H2,14,17)(H,15,19). The first-order valence-electron chi connectivity index (χ1n) is 5.94. The van der Waals surface area contributed by atoms with E-state index in [-0.39, 0.29) is 11.6 Å². The first-order chi connectivity index (χ1) is 9.72. The van der Waals surface area contributed by atoms with Crippen molar-refractivity contribution in [3.8, 4) is 11.1 Å². The molecule has 0 bridgehead atoms. The summed E-state index contributed by atoms with van der Waals surface area (Å²) in [6.07, 6.45) is 4.88. The van der Waals surface area contributed by atoms with E-state index in [1.54, 1.807) is 24.7 Å². The Morgan fingerprint density at radius 3 is 3.15 bits per heavy atom. The highest BCUT2D eigenvalue weighted by Crippen LogP contribution is 2.26. The van der Waals surface area contributed by atoms with Gasteiger partial charge >= 0.3 is 0 Å². The van der Waals surface area contributed by atoms with Gasteiger partial charge in [0.05, 0.1) is 6.20 Å². The van der Waals surface area contributed by atoms with E-state index in [4.69, 9.17) is 10.2 Å². The van der Waals surface area contributed by atoms with Crippen molar-refractivity contribution in [3.63, 3.8) is 0 Å². The zero-order valence-electron chi connectivity index (χ0n) is 10.2. The van der Waals surface area contributed by atoms with E-state index in [0.29, 0.717) is 16.6 Å². The first-order valence-corrected chi connectivity index (χ1v) is 5.94. The molecule has 3 N–H and O–H groups in total. The molecular weight excluding hydrogens is 258 g/mol. The first kappa shape index (κ1) is 10.8. The molecule has 20 heavy (non-hydrogen) atoms. The van der Waals surface area contributed by atoms with Crippen molar-refractivity contribution in [2.75, 3.05) is 5.73 Å². The number of nitrogens with one attached hydrogen (secondary N) is 1. The van der Waals surface area contributed by atoms with Crippen LogP contribution in [0.5, 0.6) is 0 Å². The summed E-state index contributed by atoms with van der Waals surface area (Å²) in [6, 6.07) is 5.55. The van der Waals surface area contributed by atoms with Gasteiger partial charge in [-0.2, -0.15) is 10.1 Å². The molecule has 7 heteroatoms. The van der Waals surface area contributed by atoms with Gasteiger partial charge in [-0.05, 0) is 17.7 Å². The maximum absolute atomic E-state index is 11.9. The lowest BCUT2D eigenvalue weighted by atomic mass is 10.1. The summed E-state index contributed by atoms with van der Waals surface area (Å²) in [4.78, 5) is 18.7. The molecule has 7 nitrogen and oxygen atoms in total. The SMILES string of the molecule is Nc1nc2cc(-c3cnn4cc[nH]c(=O)c34)ccc2o1. The molecule has 0 amide bonds. The Kier molecular flexibility index (Phi) is 2.00. The fraction of sp³-hybridized carbons (Fsp3) is 0. The van der Waals surface area contributed by atoms with E-state index in [0.717, 1.165) is 11.1 Å². The zero-order valence-corrected chi connectivity index (χ0v) is 10.2. The number of H-pyrrole nitrogens is 1. The van der Waals surface area contributed by atoms with Crippen molar-refractivity contribution in [2.24, 2.45) is 0 Å². The summed E-state index contributed by atoms with van der Waals surface area (Å²) in [5.41, 5.74) is 8.64. The van der Waals surface area contributed by atoms with Crippen molar-refractivity contribution < 1.29 is 4.42 Å². The minimum atomic E-state index is -0.195. The van der Waals surface area contributed by atoms with E-state index in [2.05, 4.69) is 15.1 Å². The number of fused-ring (bicyclic) bond motifs is 2. The van der Waals surface area contributed by atoms with Crippen molar-refractivity contribution in [1.82, 2.24) is 19.6 Å². The van der Waals surface area contributed by atoms with Gasteiger partial charge in [-0.15, -0.1) is 0 Å². The van der Waals surface area contributed by atoms with E-state index < -0.39 is 0 Å². The highest BCUT2D eigenvalue weighted by molar-refractivity contribution is 5.86. The normalized spacial score (nSPS) is 11.4. The molecule has 0 saturated carbocycles. The lowest BCUT2D eigenvalue weighted by Gasteiger charge is -1.98. The summed E-state index contributed by atoms with van der Waals surface area (Å²) in [5, 5.41) is 4.17. The summed E-state index contributed by atoms with van der Waals surface area (Å²) >= 11 is 0. The second-order valence-corrected chi connectivity index (χ2v) is 4.38. The average Bonchev–Trinajstić information content (AvgIpc) is 3.00. The van der Waals surface area contributed by atoms with Crippen LogP contribution in [0.4, 0.5) is 6.01 Å². The van der Waals surface area contributed by atoms with Gasteiger partial charge in [-0.25, -0.2) is 4.52 Å². The van der Waals surface area contributed by atoms with Crippen LogP contribution in [-0.2, 0) is 0 Å². The second-order valence-electron chi connectivity index (χ2n) is 4.38. The maximum atomic E-state index is 11.9. The monoisotopic (exact) mass is 267 g/mol. The van der Waals surface area contributed by atoms with E-state index in [1.807, 2.05) is 12.1 Å². The fourth-order valence-corrected chi connectivity index (χ4v) is 2.28. The number of oxazole rings is 1. The molecule has 0 aliphatic rings. The highest BCUT2D eigenvalue weighted by atomic mass is 16.4. The average molecular weight is 267 g/mol. The van der Waals surface area contributed by atoms with Crippen LogP contribution in [0.15, 0.2) is 46.0 Å². The lowest BCUT2D eigenvalue weighted by molar-refractivity contribution is 0.626. The summed E-state index contributed by atoms with van der Waals surface area (Å²) < 4.78 is 6.77. The van der Waals surface area contributed by atoms with Gasteiger partial charge in [0.1, 0.15) is 11.0 Å². The van der Waals surface area contributed by atoms with Gasteiger partial charge in [-0.1, -0.05) is 6.07 Å². The number of rotatable bonds is 1. The molecule has 0 unspecified atom stereocenters. The van der Waals surface area contributed by atoms with Crippen molar-refractivity contribution in [1.29, 1.82) is 0 Å². The molecular formula is C13H9N5O2. The number of benzene rings is 1. The number of anilines is 1. The van der Waals surface area contributed by atoms with Crippen LogP contribution in [0.1, 0.15) is 0 Å². The van der Waals surface area contributed by atoms with Crippen molar-refractivity contribution >= 4 is 22.6 Å². The minimum absolute atomic E-state index is 0.120. The van der Waals surface area contributed by atoms with Crippen LogP contribution < -0.4 is 11.3 Å². The molecule has 0 atom stereocenters. The maximum Gasteiger partial charge on any atom is 0.292 e. The third-order valence-corrected chi connectivity index (χ3v) is 3.16. The Morgan fingerprint density at radius 1 is 1.35 bits per heavy atom. The molecule has 98 valence electrons. The van der Waals surface area contributed by atoms with Crippen molar-refractivity contribution in [2.45, 2.75) is 0 Å². The largest absolute Gasteiger partial charge is 0.424 e. The molecule has 4 rings (SSSR count). The molecule has 0 radical (unpaired) electrons. The molecule has 1 aromatic carbocycles. The summed E-state index contributed by atoms with van der Waals surface area (Å²) in [7, 11) is 0. The second kappa shape index (κ2) is 3.70. The van der Waals surface area contributed by atoms with Gasteiger partial charge in [-0.3, -0.25) is 4.79 Å². The minimum Gasteiger partial charge on any atom is -0.424 e. The van der Waals surface area contributed by atoms with Crippen LogP contribution in [0, 0.1) is 0 Å². The number of nitrogens with zero attached hydrogens (tertiary/aromatic N) is 3. The molecule has 3 aromatic heterocycles. The van der Waals surface area contributed by atoms with Gasteiger partial charge in [0.15, 0.2) is 5.58 Å².